The highest BCUT2D eigenvalue weighted by Crippen LogP contribution is 2.25. The predicted octanol–water partition coefficient (Wildman–Crippen LogP) is 4.02. The second kappa shape index (κ2) is 6.40. The number of hydrogen-bond donors (Lipinski definition) is 1. The topological polar surface area (TPSA) is 41.5 Å². The molecule has 102 valence electrons. The van der Waals surface area contributed by atoms with Crippen LogP contribution in [-0.2, 0) is 4.79 Å². The Kier molecular flexibility index (Phi) is 4.83. The molecule has 0 heterocycles. The number of halogens is 2. The Morgan fingerprint density at radius 3 is 2.63 bits per heavy atom. The molecule has 0 atom stereocenters. The molecule has 0 aliphatic heterocycles. The van der Waals surface area contributed by atoms with Crippen LogP contribution in [0, 0.1) is 5.92 Å². The molecular weight excluding hydrogens is 283 g/mol. The van der Waals surface area contributed by atoms with E-state index in [2.05, 4.69) is 10.5 Å². The van der Waals surface area contributed by atoms with Crippen LogP contribution in [0.5, 0.6) is 0 Å². The van der Waals surface area contributed by atoms with Crippen LogP contribution in [0.3, 0.4) is 0 Å². The summed E-state index contributed by atoms with van der Waals surface area (Å²) < 4.78 is 0. The summed E-state index contributed by atoms with van der Waals surface area (Å²) in [6.07, 6.45) is 4.18. The van der Waals surface area contributed by atoms with Crippen molar-refractivity contribution in [3.63, 3.8) is 0 Å². The van der Waals surface area contributed by atoms with Gasteiger partial charge in [0.1, 0.15) is 0 Å². The van der Waals surface area contributed by atoms with Crippen LogP contribution in [0.2, 0.25) is 10.0 Å². The van der Waals surface area contributed by atoms with Crippen LogP contribution >= 0.6 is 23.2 Å². The quantitative estimate of drug-likeness (QED) is 0.664. The second-order valence-electron chi connectivity index (χ2n) is 4.78. The van der Waals surface area contributed by atoms with E-state index in [0.717, 1.165) is 31.2 Å². The van der Waals surface area contributed by atoms with Crippen molar-refractivity contribution in [1.82, 2.24) is 5.43 Å². The first-order valence-corrected chi connectivity index (χ1v) is 7.13. The molecule has 1 fully saturated rings. The van der Waals surface area contributed by atoms with Crippen molar-refractivity contribution in [2.24, 2.45) is 11.0 Å². The monoisotopic (exact) mass is 298 g/mol. The number of amides is 1. The minimum Gasteiger partial charge on any atom is -0.273 e. The Morgan fingerprint density at radius 1 is 1.32 bits per heavy atom. The summed E-state index contributed by atoms with van der Waals surface area (Å²) in [4.78, 5) is 11.8. The zero-order chi connectivity index (χ0) is 13.8. The summed E-state index contributed by atoms with van der Waals surface area (Å²) in [5.74, 6) is 0.110. The normalized spacial score (nSPS) is 16.7. The number of nitrogens with zero attached hydrogens (tertiary/aromatic N) is 1. The Hall–Kier alpha value is -1.06. The molecule has 2 rings (SSSR count). The second-order valence-corrected chi connectivity index (χ2v) is 5.62. The summed E-state index contributed by atoms with van der Waals surface area (Å²) in [6.45, 7) is 1.81. The third-order valence-electron chi connectivity index (χ3n) is 3.38. The van der Waals surface area contributed by atoms with Gasteiger partial charge in [-0.3, -0.25) is 4.79 Å². The average molecular weight is 299 g/mol. The van der Waals surface area contributed by atoms with Crippen molar-refractivity contribution in [3.8, 4) is 0 Å². The van der Waals surface area contributed by atoms with Gasteiger partial charge in [0, 0.05) is 16.5 Å². The van der Waals surface area contributed by atoms with Crippen molar-refractivity contribution >= 4 is 34.8 Å². The standard InChI is InChI=1S/C14H16Cl2N2O/c1-9(12-7-6-11(15)8-13(12)16)17-18-14(19)10-4-2-3-5-10/h6-8,10H,2-5H2,1H3,(H,18,19)/b17-9+. The molecule has 1 amide bonds. The molecule has 1 saturated carbocycles. The Bertz CT molecular complexity index is 508. The summed E-state index contributed by atoms with van der Waals surface area (Å²) in [5, 5.41) is 5.23. The molecule has 0 radical (unpaired) electrons. The van der Waals surface area contributed by atoms with E-state index < -0.39 is 0 Å². The van der Waals surface area contributed by atoms with Gasteiger partial charge in [0.25, 0.3) is 0 Å². The summed E-state index contributed by atoms with van der Waals surface area (Å²) in [5.41, 5.74) is 4.07. The number of hydrogen-bond acceptors (Lipinski definition) is 2. The van der Waals surface area contributed by atoms with Gasteiger partial charge in [0.15, 0.2) is 0 Å². The maximum absolute atomic E-state index is 11.8. The van der Waals surface area contributed by atoms with E-state index in [0.29, 0.717) is 15.8 Å². The number of carbonyl (C=O) groups excluding carboxylic acids is 1. The summed E-state index contributed by atoms with van der Waals surface area (Å²) in [6, 6.07) is 5.21. The van der Waals surface area contributed by atoms with Gasteiger partial charge in [-0.1, -0.05) is 42.1 Å². The Labute approximate surface area is 123 Å². The highest BCUT2D eigenvalue weighted by molar-refractivity contribution is 6.37. The fourth-order valence-electron chi connectivity index (χ4n) is 2.26. The molecule has 0 saturated heterocycles. The molecule has 0 unspecified atom stereocenters. The molecule has 3 nitrogen and oxygen atoms in total. The average Bonchev–Trinajstić information content (AvgIpc) is 2.89. The molecule has 1 aromatic rings. The first-order valence-electron chi connectivity index (χ1n) is 6.37. The van der Waals surface area contributed by atoms with Crippen LogP contribution in [0.25, 0.3) is 0 Å². The number of nitrogens with one attached hydrogen (secondary N) is 1. The van der Waals surface area contributed by atoms with Crippen LogP contribution in [0.1, 0.15) is 38.2 Å². The van der Waals surface area contributed by atoms with Gasteiger partial charge in [0.05, 0.1) is 10.7 Å². The van der Waals surface area contributed by atoms with E-state index in [1.165, 1.54) is 0 Å². The minimum absolute atomic E-state index is 0.00179. The molecule has 19 heavy (non-hydrogen) atoms. The van der Waals surface area contributed by atoms with E-state index in [-0.39, 0.29) is 11.8 Å². The van der Waals surface area contributed by atoms with Crippen molar-refractivity contribution in [3.05, 3.63) is 33.8 Å². The first kappa shape index (κ1) is 14.4. The number of rotatable bonds is 3. The van der Waals surface area contributed by atoms with E-state index in [1.54, 1.807) is 18.2 Å². The third-order valence-corrected chi connectivity index (χ3v) is 3.93. The van der Waals surface area contributed by atoms with E-state index in [1.807, 2.05) is 6.92 Å². The zero-order valence-electron chi connectivity index (χ0n) is 10.7. The van der Waals surface area contributed by atoms with E-state index in [9.17, 15) is 4.79 Å². The Balaban J connectivity index is 2.04. The van der Waals surface area contributed by atoms with Gasteiger partial charge in [-0.15, -0.1) is 0 Å². The van der Waals surface area contributed by atoms with Crippen LogP contribution in [-0.4, -0.2) is 11.6 Å². The molecule has 0 spiro atoms. The highest BCUT2D eigenvalue weighted by Gasteiger charge is 2.22. The molecule has 0 bridgehead atoms. The fraction of sp³-hybridized carbons (Fsp3) is 0.429. The molecular formula is C14H16Cl2N2O. The third kappa shape index (κ3) is 3.71. The smallest absolute Gasteiger partial charge is 0.243 e. The van der Waals surface area contributed by atoms with Gasteiger partial charge < -0.3 is 0 Å². The van der Waals surface area contributed by atoms with Crippen LogP contribution < -0.4 is 5.43 Å². The van der Waals surface area contributed by atoms with Crippen molar-refractivity contribution in [2.75, 3.05) is 0 Å². The molecule has 1 N–H and O–H groups in total. The van der Waals surface area contributed by atoms with Crippen LogP contribution in [0.15, 0.2) is 23.3 Å². The number of benzene rings is 1. The Morgan fingerprint density at radius 2 is 2.00 bits per heavy atom. The largest absolute Gasteiger partial charge is 0.273 e. The first-order chi connectivity index (χ1) is 9.08. The maximum Gasteiger partial charge on any atom is 0.243 e. The predicted molar refractivity (Wildman–Crippen MR) is 78.8 cm³/mol. The fourth-order valence-corrected chi connectivity index (χ4v) is 2.81. The maximum atomic E-state index is 11.8. The highest BCUT2D eigenvalue weighted by atomic mass is 35.5. The lowest BCUT2D eigenvalue weighted by Gasteiger charge is -2.08. The van der Waals surface area contributed by atoms with Gasteiger partial charge in [-0.25, -0.2) is 5.43 Å². The van der Waals surface area contributed by atoms with Crippen molar-refractivity contribution < 1.29 is 4.79 Å². The molecule has 1 aliphatic carbocycles. The number of hydrazone groups is 1. The lowest BCUT2D eigenvalue weighted by atomic mass is 10.1. The van der Waals surface area contributed by atoms with Gasteiger partial charge in [-0.05, 0) is 31.9 Å². The zero-order valence-corrected chi connectivity index (χ0v) is 12.3. The van der Waals surface area contributed by atoms with Crippen LogP contribution in [0.4, 0.5) is 0 Å². The SMILES string of the molecule is C/C(=N\NC(=O)C1CCCC1)c1ccc(Cl)cc1Cl. The summed E-state index contributed by atoms with van der Waals surface area (Å²) >= 11 is 11.9. The van der Waals surface area contributed by atoms with Crippen molar-refractivity contribution in [2.45, 2.75) is 32.6 Å². The lowest BCUT2D eigenvalue weighted by molar-refractivity contribution is -0.124. The summed E-state index contributed by atoms with van der Waals surface area (Å²) in [7, 11) is 0. The van der Waals surface area contributed by atoms with Gasteiger partial charge in [-0.2, -0.15) is 5.10 Å². The van der Waals surface area contributed by atoms with Crippen molar-refractivity contribution in [1.29, 1.82) is 0 Å². The van der Waals surface area contributed by atoms with E-state index in [4.69, 9.17) is 23.2 Å². The minimum atomic E-state index is 0.00179. The molecule has 1 aliphatic rings. The molecule has 5 heteroatoms. The molecule has 1 aromatic carbocycles. The lowest BCUT2D eigenvalue weighted by Crippen LogP contribution is -2.25. The van der Waals surface area contributed by atoms with E-state index >= 15 is 0 Å². The molecule has 0 aromatic heterocycles. The number of carbonyl (C=O) groups is 1. The van der Waals surface area contributed by atoms with Gasteiger partial charge >= 0.3 is 0 Å². The van der Waals surface area contributed by atoms with Gasteiger partial charge in [0.2, 0.25) is 5.91 Å².